The maximum absolute atomic E-state index is 6.81. The summed E-state index contributed by atoms with van der Waals surface area (Å²) in [5.41, 5.74) is 7.73. The number of fused-ring (bicyclic) bond motifs is 10. The van der Waals surface area contributed by atoms with Crippen LogP contribution in [0.5, 0.6) is 0 Å². The first-order valence-electron chi connectivity index (χ1n) is 15.9. The summed E-state index contributed by atoms with van der Waals surface area (Å²) in [6.45, 7) is 0. The van der Waals surface area contributed by atoms with Crippen molar-refractivity contribution in [1.29, 1.82) is 0 Å². The molecule has 2 heterocycles. The largest absolute Gasteiger partial charge is 0.455 e. The Kier molecular flexibility index (Phi) is 5.78. The predicted molar refractivity (Wildman–Crippen MR) is 202 cm³/mol. The Balaban J connectivity index is 1.22. The Morgan fingerprint density at radius 1 is 0.447 bits per heavy atom. The molecular weight excluding hydrogens is 591 g/mol. The molecule has 0 atom stereocenters. The first-order valence-corrected chi connectivity index (χ1v) is 16.7. The molecular formula is C44H27NOS. The predicted octanol–water partition coefficient (Wildman–Crippen LogP) is 13.4. The van der Waals surface area contributed by atoms with Gasteiger partial charge in [-0.05, 0) is 75.8 Å². The number of furan rings is 1. The highest BCUT2D eigenvalue weighted by Crippen LogP contribution is 2.48. The van der Waals surface area contributed by atoms with Crippen molar-refractivity contribution in [1.82, 2.24) is 0 Å². The van der Waals surface area contributed by atoms with E-state index < -0.39 is 0 Å². The Morgan fingerprint density at radius 3 is 2.00 bits per heavy atom. The lowest BCUT2D eigenvalue weighted by atomic mass is 9.97. The van der Waals surface area contributed by atoms with Crippen LogP contribution < -0.4 is 4.90 Å². The average Bonchev–Trinajstić information content (AvgIpc) is 3.71. The average molecular weight is 618 g/mol. The lowest BCUT2D eigenvalue weighted by molar-refractivity contribution is 0.677. The molecule has 10 rings (SSSR count). The SMILES string of the molecule is c1ccc(N(c2cccc(-c3cccc4ccccc34)c2)c2cccc3c2sc2ccc4c5ccc6ccccc6c5oc4c23)cc1. The number of hydrogen-bond acceptors (Lipinski definition) is 3. The van der Waals surface area contributed by atoms with Gasteiger partial charge in [0.2, 0.25) is 0 Å². The minimum Gasteiger partial charge on any atom is -0.455 e. The summed E-state index contributed by atoms with van der Waals surface area (Å²) in [6, 6.07) is 58.9. The van der Waals surface area contributed by atoms with Gasteiger partial charge >= 0.3 is 0 Å². The van der Waals surface area contributed by atoms with E-state index in [-0.39, 0.29) is 0 Å². The molecule has 0 radical (unpaired) electrons. The number of thiophene rings is 1. The number of anilines is 3. The fourth-order valence-corrected chi connectivity index (χ4v) is 8.50. The number of benzene rings is 8. The van der Waals surface area contributed by atoms with Crippen molar-refractivity contribution in [3.63, 3.8) is 0 Å². The maximum atomic E-state index is 6.81. The molecule has 0 amide bonds. The van der Waals surface area contributed by atoms with E-state index in [1.807, 2.05) is 11.3 Å². The molecule has 3 heteroatoms. The molecule has 0 aliphatic carbocycles. The van der Waals surface area contributed by atoms with E-state index in [2.05, 4.69) is 169 Å². The molecule has 47 heavy (non-hydrogen) atoms. The van der Waals surface area contributed by atoms with Crippen LogP contribution in [0, 0.1) is 0 Å². The van der Waals surface area contributed by atoms with Crippen molar-refractivity contribution in [2.24, 2.45) is 0 Å². The molecule has 0 aliphatic rings. The second-order valence-electron chi connectivity index (χ2n) is 12.1. The third-order valence-electron chi connectivity index (χ3n) is 9.43. The zero-order valence-electron chi connectivity index (χ0n) is 25.4. The molecule has 10 aromatic rings. The highest BCUT2D eigenvalue weighted by Gasteiger charge is 2.21. The molecule has 0 fully saturated rings. The number of rotatable bonds is 4. The first-order chi connectivity index (χ1) is 23.3. The van der Waals surface area contributed by atoms with E-state index in [9.17, 15) is 0 Å². The molecule has 220 valence electrons. The van der Waals surface area contributed by atoms with Crippen LogP contribution in [0.2, 0.25) is 0 Å². The van der Waals surface area contributed by atoms with Crippen LogP contribution in [-0.4, -0.2) is 0 Å². The van der Waals surface area contributed by atoms with Crippen molar-refractivity contribution in [3.05, 3.63) is 164 Å². The van der Waals surface area contributed by atoms with Gasteiger partial charge in [-0.1, -0.05) is 115 Å². The zero-order chi connectivity index (χ0) is 30.9. The Bertz CT molecular complexity index is 2800. The summed E-state index contributed by atoms with van der Waals surface area (Å²) >= 11 is 1.84. The number of hydrogen-bond donors (Lipinski definition) is 0. The molecule has 0 bridgehead atoms. The molecule has 0 saturated carbocycles. The molecule has 0 unspecified atom stereocenters. The quantitative estimate of drug-likeness (QED) is 0.195. The standard InChI is InChI=1S/C44H27NOS/c1-2-15-31(16-3-1)45(32-17-8-14-30(27-32)34-20-9-13-28-11-4-6-18-33(28)34)39-22-10-21-38-41-40(47-44(38)39)26-25-37-36-24-23-29-12-5-7-19-35(29)42(36)46-43(37)41/h1-27H. The van der Waals surface area contributed by atoms with E-state index in [0.29, 0.717) is 0 Å². The minimum atomic E-state index is 0.956. The van der Waals surface area contributed by atoms with Gasteiger partial charge in [0.05, 0.1) is 10.4 Å². The molecule has 0 spiro atoms. The van der Waals surface area contributed by atoms with Gasteiger partial charge in [0, 0.05) is 43.0 Å². The maximum Gasteiger partial charge on any atom is 0.144 e. The van der Waals surface area contributed by atoms with Gasteiger partial charge in [0.15, 0.2) is 0 Å². The molecule has 2 nitrogen and oxygen atoms in total. The van der Waals surface area contributed by atoms with Crippen LogP contribution in [-0.2, 0) is 0 Å². The van der Waals surface area contributed by atoms with Crippen LogP contribution in [0.1, 0.15) is 0 Å². The van der Waals surface area contributed by atoms with E-state index in [1.54, 1.807) is 0 Å². The second kappa shape index (κ2) is 10.3. The van der Waals surface area contributed by atoms with Gasteiger partial charge in [0.25, 0.3) is 0 Å². The van der Waals surface area contributed by atoms with Crippen molar-refractivity contribution in [2.75, 3.05) is 4.90 Å². The highest BCUT2D eigenvalue weighted by atomic mass is 32.1. The van der Waals surface area contributed by atoms with Gasteiger partial charge in [0.1, 0.15) is 11.2 Å². The van der Waals surface area contributed by atoms with Crippen molar-refractivity contribution in [2.45, 2.75) is 0 Å². The van der Waals surface area contributed by atoms with Crippen molar-refractivity contribution < 1.29 is 4.42 Å². The van der Waals surface area contributed by atoms with Crippen LogP contribution in [0.25, 0.3) is 74.8 Å². The van der Waals surface area contributed by atoms with E-state index in [4.69, 9.17) is 4.42 Å². The van der Waals surface area contributed by atoms with Gasteiger partial charge in [-0.3, -0.25) is 0 Å². The lowest BCUT2D eigenvalue weighted by Crippen LogP contribution is -2.10. The molecule has 0 aliphatic heterocycles. The summed E-state index contributed by atoms with van der Waals surface area (Å²) in [4.78, 5) is 2.40. The lowest BCUT2D eigenvalue weighted by Gasteiger charge is -2.26. The molecule has 0 saturated heterocycles. The second-order valence-corrected chi connectivity index (χ2v) is 13.1. The Morgan fingerprint density at radius 2 is 1.11 bits per heavy atom. The monoisotopic (exact) mass is 617 g/mol. The molecule has 0 N–H and O–H groups in total. The van der Waals surface area contributed by atoms with E-state index in [1.165, 1.54) is 47.5 Å². The fraction of sp³-hybridized carbons (Fsp3) is 0. The minimum absolute atomic E-state index is 0.956. The van der Waals surface area contributed by atoms with Gasteiger partial charge in [-0.25, -0.2) is 0 Å². The summed E-state index contributed by atoms with van der Waals surface area (Å²) in [5, 5.41) is 9.55. The zero-order valence-corrected chi connectivity index (χ0v) is 26.2. The molecule has 8 aromatic carbocycles. The number of para-hydroxylation sites is 1. The van der Waals surface area contributed by atoms with Gasteiger partial charge < -0.3 is 9.32 Å². The topological polar surface area (TPSA) is 16.4 Å². The summed E-state index contributed by atoms with van der Waals surface area (Å²) in [6.07, 6.45) is 0. The van der Waals surface area contributed by atoms with Crippen molar-refractivity contribution >= 4 is 92.1 Å². The summed E-state index contributed by atoms with van der Waals surface area (Å²) in [5.74, 6) is 0. The summed E-state index contributed by atoms with van der Waals surface area (Å²) in [7, 11) is 0. The highest BCUT2D eigenvalue weighted by molar-refractivity contribution is 7.26. The smallest absolute Gasteiger partial charge is 0.144 e. The first kappa shape index (κ1) is 26.3. The van der Waals surface area contributed by atoms with Gasteiger partial charge in [-0.2, -0.15) is 0 Å². The van der Waals surface area contributed by atoms with Crippen molar-refractivity contribution in [3.8, 4) is 11.1 Å². The van der Waals surface area contributed by atoms with Gasteiger partial charge in [-0.15, -0.1) is 11.3 Å². The van der Waals surface area contributed by atoms with Crippen LogP contribution in [0.4, 0.5) is 17.1 Å². The molecule has 2 aromatic heterocycles. The Hall–Kier alpha value is -5.90. The number of nitrogens with zero attached hydrogens (tertiary/aromatic N) is 1. The van der Waals surface area contributed by atoms with Crippen LogP contribution in [0.3, 0.4) is 0 Å². The van der Waals surface area contributed by atoms with E-state index >= 15 is 0 Å². The third kappa shape index (κ3) is 4.04. The normalized spacial score (nSPS) is 11.8. The summed E-state index contributed by atoms with van der Waals surface area (Å²) < 4.78 is 9.27. The van der Waals surface area contributed by atoms with E-state index in [0.717, 1.165) is 44.4 Å². The fourth-order valence-electron chi connectivity index (χ4n) is 7.30. The van der Waals surface area contributed by atoms with Crippen LogP contribution in [0.15, 0.2) is 168 Å². The third-order valence-corrected chi connectivity index (χ3v) is 10.6. The Labute approximate surface area is 275 Å². The van der Waals surface area contributed by atoms with Crippen LogP contribution >= 0.6 is 11.3 Å².